The molecule has 0 bridgehead atoms. The van der Waals surface area contributed by atoms with Crippen LogP contribution in [-0.2, 0) is 16.9 Å². The first-order valence-corrected chi connectivity index (χ1v) is 5.95. The summed E-state index contributed by atoms with van der Waals surface area (Å²) in [5.74, 6) is 0. The molecule has 1 saturated heterocycles. The van der Waals surface area contributed by atoms with E-state index >= 15 is 0 Å². The van der Waals surface area contributed by atoms with E-state index in [4.69, 9.17) is 0 Å². The highest BCUT2D eigenvalue weighted by molar-refractivity contribution is 7.91. The molecule has 1 fully saturated rings. The van der Waals surface area contributed by atoms with Crippen LogP contribution >= 0.6 is 12.4 Å². The first-order chi connectivity index (χ1) is 6.62. The molecule has 2 rings (SSSR count). The number of nitrogens with zero attached hydrogens (tertiary/aromatic N) is 3. The number of halogens is 1. The first-order valence-electron chi connectivity index (χ1n) is 4.41. The van der Waals surface area contributed by atoms with E-state index in [-0.39, 0.29) is 22.8 Å². The molecule has 1 N–H and O–H groups in total. The summed E-state index contributed by atoms with van der Waals surface area (Å²) in [6.07, 6.45) is 2.05. The van der Waals surface area contributed by atoms with Gasteiger partial charge in [0.25, 0.3) is 0 Å². The van der Waals surface area contributed by atoms with Crippen LogP contribution < -0.4 is 5.32 Å². The van der Waals surface area contributed by atoms with Crippen LogP contribution in [0.5, 0.6) is 0 Å². The van der Waals surface area contributed by atoms with Gasteiger partial charge in [0.2, 0.25) is 15.0 Å². The number of sulfone groups is 1. The molecule has 0 saturated carbocycles. The van der Waals surface area contributed by atoms with Crippen molar-refractivity contribution in [1.29, 1.82) is 0 Å². The fourth-order valence-corrected chi connectivity index (χ4v) is 3.25. The van der Waals surface area contributed by atoms with E-state index in [9.17, 15) is 8.42 Å². The third-order valence-corrected chi connectivity index (χ3v) is 4.54. The SMILES string of the molecule is Cl.Cn1cnnc1S(=O)(=O)C1CCNC1. The Labute approximate surface area is 94.4 Å². The Hall–Kier alpha value is -0.660. The van der Waals surface area contributed by atoms with Gasteiger partial charge in [0.1, 0.15) is 6.33 Å². The van der Waals surface area contributed by atoms with Gasteiger partial charge in [-0.05, 0) is 13.0 Å². The Kier molecular flexibility index (Phi) is 3.69. The number of hydrogen-bond acceptors (Lipinski definition) is 5. The van der Waals surface area contributed by atoms with Crippen LogP contribution in [0.3, 0.4) is 0 Å². The van der Waals surface area contributed by atoms with Crippen LogP contribution in [0.25, 0.3) is 0 Å². The van der Waals surface area contributed by atoms with Crippen molar-refractivity contribution >= 4 is 22.2 Å². The number of nitrogens with one attached hydrogen (secondary N) is 1. The van der Waals surface area contributed by atoms with Gasteiger partial charge in [0.05, 0.1) is 5.25 Å². The maximum absolute atomic E-state index is 12.0. The molecule has 1 unspecified atom stereocenters. The highest BCUT2D eigenvalue weighted by Gasteiger charge is 2.33. The van der Waals surface area contributed by atoms with Gasteiger partial charge in [-0.3, -0.25) is 0 Å². The molecule has 0 spiro atoms. The first kappa shape index (κ1) is 12.4. The molecular weight excluding hydrogens is 240 g/mol. The second kappa shape index (κ2) is 4.46. The summed E-state index contributed by atoms with van der Waals surface area (Å²) in [7, 11) is -1.66. The van der Waals surface area contributed by atoms with Crippen molar-refractivity contribution in [3.63, 3.8) is 0 Å². The van der Waals surface area contributed by atoms with Gasteiger partial charge in [-0.25, -0.2) is 8.42 Å². The van der Waals surface area contributed by atoms with Gasteiger partial charge in [-0.2, -0.15) is 0 Å². The van der Waals surface area contributed by atoms with Crippen LogP contribution in [0.15, 0.2) is 11.5 Å². The fourth-order valence-electron chi connectivity index (χ4n) is 1.57. The molecule has 0 amide bonds. The topological polar surface area (TPSA) is 76.9 Å². The summed E-state index contributed by atoms with van der Waals surface area (Å²) in [6.45, 7) is 1.26. The normalized spacial score (nSPS) is 21.3. The van der Waals surface area contributed by atoms with E-state index in [1.807, 2.05) is 0 Å². The molecule has 15 heavy (non-hydrogen) atoms. The van der Waals surface area contributed by atoms with E-state index in [0.29, 0.717) is 13.0 Å². The minimum atomic E-state index is -3.30. The lowest BCUT2D eigenvalue weighted by molar-refractivity contribution is 0.565. The maximum Gasteiger partial charge on any atom is 0.249 e. The summed E-state index contributed by atoms with van der Waals surface area (Å²) >= 11 is 0. The summed E-state index contributed by atoms with van der Waals surface area (Å²) in [6, 6.07) is 0. The summed E-state index contributed by atoms with van der Waals surface area (Å²) in [4.78, 5) is 0. The maximum atomic E-state index is 12.0. The van der Waals surface area contributed by atoms with Crippen molar-refractivity contribution in [1.82, 2.24) is 20.1 Å². The van der Waals surface area contributed by atoms with Crippen molar-refractivity contribution in [3.05, 3.63) is 6.33 Å². The zero-order chi connectivity index (χ0) is 10.2. The van der Waals surface area contributed by atoms with E-state index in [2.05, 4.69) is 15.5 Å². The lowest BCUT2D eigenvalue weighted by Crippen LogP contribution is -2.26. The molecule has 1 aromatic rings. The molecule has 0 aliphatic carbocycles. The lowest BCUT2D eigenvalue weighted by Gasteiger charge is -2.08. The average Bonchev–Trinajstić information content (AvgIpc) is 2.72. The zero-order valence-corrected chi connectivity index (χ0v) is 9.88. The minimum absolute atomic E-state index is 0. The van der Waals surface area contributed by atoms with Crippen LogP contribution in [0, 0.1) is 0 Å². The summed E-state index contributed by atoms with van der Waals surface area (Å²) < 4.78 is 25.3. The Morgan fingerprint density at radius 3 is 2.80 bits per heavy atom. The molecule has 1 aliphatic heterocycles. The Morgan fingerprint density at radius 1 is 1.60 bits per heavy atom. The van der Waals surface area contributed by atoms with Crippen molar-refractivity contribution in [2.45, 2.75) is 16.8 Å². The molecule has 1 aliphatic rings. The number of aromatic nitrogens is 3. The largest absolute Gasteiger partial charge is 0.315 e. The third kappa shape index (κ3) is 2.14. The number of aryl methyl sites for hydroxylation is 1. The van der Waals surface area contributed by atoms with Gasteiger partial charge >= 0.3 is 0 Å². The van der Waals surface area contributed by atoms with E-state index in [1.54, 1.807) is 7.05 Å². The molecule has 0 radical (unpaired) electrons. The molecule has 0 aromatic carbocycles. The number of hydrogen-bond donors (Lipinski definition) is 1. The minimum Gasteiger partial charge on any atom is -0.315 e. The molecule has 8 heteroatoms. The smallest absolute Gasteiger partial charge is 0.249 e. The van der Waals surface area contributed by atoms with E-state index in [0.717, 1.165) is 6.54 Å². The second-order valence-corrected chi connectivity index (χ2v) is 5.51. The van der Waals surface area contributed by atoms with Gasteiger partial charge < -0.3 is 9.88 Å². The van der Waals surface area contributed by atoms with Crippen molar-refractivity contribution in [2.75, 3.05) is 13.1 Å². The molecule has 2 heterocycles. The van der Waals surface area contributed by atoms with Crippen LogP contribution in [0.2, 0.25) is 0 Å². The summed E-state index contributed by atoms with van der Waals surface area (Å²) in [5.41, 5.74) is 0. The number of rotatable bonds is 2. The molecule has 86 valence electrons. The zero-order valence-electron chi connectivity index (χ0n) is 8.25. The molecule has 6 nitrogen and oxygen atoms in total. The highest BCUT2D eigenvalue weighted by Crippen LogP contribution is 2.17. The van der Waals surface area contributed by atoms with Crippen molar-refractivity contribution in [2.24, 2.45) is 7.05 Å². The quantitative estimate of drug-likeness (QED) is 0.759. The van der Waals surface area contributed by atoms with E-state index < -0.39 is 9.84 Å². The highest BCUT2D eigenvalue weighted by atomic mass is 35.5. The lowest BCUT2D eigenvalue weighted by atomic mass is 10.4. The predicted molar refractivity (Wildman–Crippen MR) is 56.7 cm³/mol. The monoisotopic (exact) mass is 252 g/mol. The van der Waals surface area contributed by atoms with Gasteiger partial charge in [0.15, 0.2) is 0 Å². The van der Waals surface area contributed by atoms with Crippen LogP contribution in [-0.4, -0.2) is 41.5 Å². The van der Waals surface area contributed by atoms with Gasteiger partial charge in [-0.15, -0.1) is 22.6 Å². The molecule has 1 aromatic heterocycles. The van der Waals surface area contributed by atoms with Crippen molar-refractivity contribution in [3.8, 4) is 0 Å². The molecule has 1 atom stereocenters. The Bertz CT molecular complexity index is 424. The average molecular weight is 253 g/mol. The van der Waals surface area contributed by atoms with Gasteiger partial charge in [-0.1, -0.05) is 0 Å². The van der Waals surface area contributed by atoms with Crippen molar-refractivity contribution < 1.29 is 8.42 Å². The van der Waals surface area contributed by atoms with E-state index in [1.165, 1.54) is 10.9 Å². The van der Waals surface area contributed by atoms with Crippen LogP contribution in [0.4, 0.5) is 0 Å². The Morgan fingerprint density at radius 2 is 2.33 bits per heavy atom. The fraction of sp³-hybridized carbons (Fsp3) is 0.714. The summed E-state index contributed by atoms with van der Waals surface area (Å²) in [5, 5.41) is 9.93. The predicted octanol–water partition coefficient (Wildman–Crippen LogP) is -0.627. The second-order valence-electron chi connectivity index (χ2n) is 3.38. The van der Waals surface area contributed by atoms with Gasteiger partial charge in [0, 0.05) is 13.6 Å². The third-order valence-electron chi connectivity index (χ3n) is 2.38. The standard InChI is InChI=1S/C7H12N4O2S.ClH/c1-11-5-9-10-7(11)14(12,13)6-2-3-8-4-6;/h5-6,8H,2-4H2,1H3;1H. The molecular formula is C7H13ClN4O2S. The van der Waals surface area contributed by atoms with Crippen LogP contribution in [0.1, 0.15) is 6.42 Å². The Balaban J connectivity index is 0.00000112.